The maximum Gasteiger partial charge on any atom is 0.410 e. The van der Waals surface area contributed by atoms with Crippen LogP contribution < -0.4 is 10.2 Å². The van der Waals surface area contributed by atoms with Gasteiger partial charge in [0.15, 0.2) is 0 Å². The largest absolute Gasteiger partial charge is 0.457 e. The molecule has 2 fully saturated rings. The topological polar surface area (TPSA) is 115 Å². The summed E-state index contributed by atoms with van der Waals surface area (Å²) in [5, 5.41) is 13.6. The number of nitrogens with zero attached hydrogens (tertiary/aromatic N) is 4. The summed E-state index contributed by atoms with van der Waals surface area (Å²) >= 11 is 0. The second-order valence-corrected chi connectivity index (χ2v) is 14.4. The molecule has 0 spiro atoms. The van der Waals surface area contributed by atoms with Gasteiger partial charge in [-0.1, -0.05) is 32.9 Å². The molecule has 50 heavy (non-hydrogen) atoms. The fourth-order valence-electron chi connectivity index (χ4n) is 6.87. The Morgan fingerprint density at radius 3 is 2.42 bits per heavy atom. The molecule has 3 aliphatic heterocycles. The van der Waals surface area contributed by atoms with Crippen LogP contribution in [0.4, 0.5) is 19.7 Å². The molecule has 0 aromatic heterocycles. The maximum atomic E-state index is 15.1. The Morgan fingerprint density at radius 2 is 1.74 bits per heavy atom. The number of piperazine rings is 1. The predicted molar refractivity (Wildman–Crippen MR) is 193 cm³/mol. The third kappa shape index (κ3) is 11.2. The quantitative estimate of drug-likeness (QED) is 0.292. The van der Waals surface area contributed by atoms with Crippen molar-refractivity contribution in [3.8, 4) is 0 Å². The molecule has 1 aromatic rings. The molecule has 3 heterocycles. The van der Waals surface area contributed by atoms with Crippen LogP contribution in [-0.4, -0.2) is 122 Å². The normalized spacial score (nSPS) is 27.1. The SMILES string of the molecule is CCCNC(=O)N1CCC(N(C)c2cc(F)cc(/C=C(\C)[C@H]3OC(=O)C[C@@H](O)CC[C@@H](C)[C@@H](OC(=O)N4CCN(C)CC4)/C=C\[C@@H]3C)c2)CC1. The Balaban J connectivity index is 1.51. The van der Waals surface area contributed by atoms with Gasteiger partial charge in [-0.15, -0.1) is 0 Å². The number of aliphatic hydroxyl groups excluding tert-OH is 1. The van der Waals surface area contributed by atoms with Crippen LogP contribution in [-0.2, 0) is 14.3 Å². The van der Waals surface area contributed by atoms with Gasteiger partial charge in [0, 0.05) is 70.5 Å². The summed E-state index contributed by atoms with van der Waals surface area (Å²) in [5.74, 6) is -1.27. The van der Waals surface area contributed by atoms with Crippen LogP contribution in [0.25, 0.3) is 6.08 Å². The molecule has 3 aliphatic rings. The molecule has 11 nitrogen and oxygen atoms in total. The van der Waals surface area contributed by atoms with E-state index in [1.807, 2.05) is 71.0 Å². The highest BCUT2D eigenvalue weighted by atomic mass is 19.1. The van der Waals surface area contributed by atoms with E-state index in [4.69, 9.17) is 9.47 Å². The average molecular weight is 700 g/mol. The van der Waals surface area contributed by atoms with Gasteiger partial charge in [-0.05, 0) is 87.4 Å². The molecule has 2 N–H and O–H groups in total. The van der Waals surface area contributed by atoms with Gasteiger partial charge < -0.3 is 39.5 Å². The lowest BCUT2D eigenvalue weighted by atomic mass is 9.91. The molecular weight excluding hydrogens is 641 g/mol. The number of amides is 3. The first-order valence-electron chi connectivity index (χ1n) is 18.3. The number of rotatable bonds is 7. The number of likely N-dealkylation sites (tertiary alicyclic amines) is 1. The van der Waals surface area contributed by atoms with Crippen molar-refractivity contribution in [1.82, 2.24) is 20.0 Å². The van der Waals surface area contributed by atoms with E-state index in [9.17, 15) is 19.5 Å². The number of carbonyl (C=O) groups is 3. The highest BCUT2D eigenvalue weighted by Gasteiger charge is 2.30. The number of benzene rings is 1. The van der Waals surface area contributed by atoms with Gasteiger partial charge in [0.1, 0.15) is 18.0 Å². The zero-order valence-corrected chi connectivity index (χ0v) is 30.8. The number of aliphatic hydroxyl groups is 1. The lowest BCUT2D eigenvalue weighted by Crippen LogP contribution is -2.49. The number of hydrogen-bond acceptors (Lipinski definition) is 8. The first-order chi connectivity index (χ1) is 23.8. The smallest absolute Gasteiger partial charge is 0.410 e. The summed E-state index contributed by atoms with van der Waals surface area (Å²) in [6.45, 7) is 12.5. The summed E-state index contributed by atoms with van der Waals surface area (Å²) in [5.41, 5.74) is 2.07. The van der Waals surface area contributed by atoms with Crippen LogP contribution in [0.3, 0.4) is 0 Å². The molecule has 0 unspecified atom stereocenters. The number of carbonyl (C=O) groups excluding carboxylic acids is 3. The van der Waals surface area contributed by atoms with Crippen molar-refractivity contribution in [1.29, 1.82) is 0 Å². The molecule has 4 rings (SSSR count). The molecule has 5 atom stereocenters. The number of piperidine rings is 1. The van der Waals surface area contributed by atoms with Gasteiger partial charge in [-0.3, -0.25) is 4.79 Å². The van der Waals surface area contributed by atoms with Crippen molar-refractivity contribution in [2.75, 3.05) is 64.8 Å². The van der Waals surface area contributed by atoms with Crippen LogP contribution in [0.1, 0.15) is 71.8 Å². The molecule has 0 aliphatic carbocycles. The van der Waals surface area contributed by atoms with Crippen LogP contribution in [0.15, 0.2) is 35.9 Å². The molecular formula is C38H58FN5O6. The van der Waals surface area contributed by atoms with E-state index in [1.165, 1.54) is 12.1 Å². The van der Waals surface area contributed by atoms with E-state index in [-0.39, 0.29) is 42.2 Å². The van der Waals surface area contributed by atoms with Crippen molar-refractivity contribution >= 4 is 29.9 Å². The monoisotopic (exact) mass is 699 g/mol. The number of hydrogen-bond donors (Lipinski definition) is 2. The summed E-state index contributed by atoms with van der Waals surface area (Å²) < 4.78 is 27.0. The molecule has 0 radical (unpaired) electrons. The minimum atomic E-state index is -0.888. The minimum absolute atomic E-state index is 0.0377. The second kappa shape index (κ2) is 18.6. The van der Waals surface area contributed by atoms with Gasteiger partial charge >= 0.3 is 18.1 Å². The van der Waals surface area contributed by atoms with Crippen molar-refractivity contribution < 1.29 is 33.4 Å². The van der Waals surface area contributed by atoms with Crippen molar-refractivity contribution in [2.45, 2.75) is 90.6 Å². The molecule has 0 bridgehead atoms. The van der Waals surface area contributed by atoms with E-state index < -0.39 is 24.3 Å². The first kappa shape index (κ1) is 39.2. The maximum absolute atomic E-state index is 15.1. The van der Waals surface area contributed by atoms with Crippen LogP contribution in [0.2, 0.25) is 0 Å². The zero-order valence-electron chi connectivity index (χ0n) is 30.8. The zero-order chi connectivity index (χ0) is 36.4. The Morgan fingerprint density at radius 1 is 1.04 bits per heavy atom. The molecule has 12 heteroatoms. The summed E-state index contributed by atoms with van der Waals surface area (Å²) in [6, 6.07) is 5.00. The fourth-order valence-corrected chi connectivity index (χ4v) is 6.87. The second-order valence-electron chi connectivity index (χ2n) is 14.4. The fraction of sp³-hybridized carbons (Fsp3) is 0.658. The minimum Gasteiger partial charge on any atom is -0.457 e. The Hall–Kier alpha value is -3.64. The molecule has 2 saturated heterocycles. The van der Waals surface area contributed by atoms with Crippen LogP contribution >= 0.6 is 0 Å². The van der Waals surface area contributed by atoms with E-state index in [0.717, 1.165) is 38.0 Å². The third-order valence-electron chi connectivity index (χ3n) is 10.2. The molecule has 3 amide bonds. The number of halogens is 1. The molecule has 1 aromatic carbocycles. The summed E-state index contributed by atoms with van der Waals surface area (Å²) in [4.78, 5) is 46.3. The highest BCUT2D eigenvalue weighted by Crippen LogP contribution is 2.29. The Labute approximate surface area is 297 Å². The Bertz CT molecular complexity index is 1360. The number of cyclic esters (lactones) is 1. The number of urea groups is 1. The van der Waals surface area contributed by atoms with Crippen LogP contribution in [0.5, 0.6) is 0 Å². The summed E-state index contributed by atoms with van der Waals surface area (Å²) in [6.07, 6.45) is 6.40. The molecule has 0 saturated carbocycles. The van der Waals surface area contributed by atoms with E-state index in [0.29, 0.717) is 56.7 Å². The summed E-state index contributed by atoms with van der Waals surface area (Å²) in [7, 11) is 3.98. The Kier molecular flexibility index (Phi) is 14.5. The van der Waals surface area contributed by atoms with Crippen molar-refractivity contribution in [3.05, 3.63) is 47.3 Å². The number of likely N-dealkylation sites (N-methyl/N-ethyl adjacent to an activating group) is 1. The lowest BCUT2D eigenvalue weighted by molar-refractivity contribution is -0.151. The van der Waals surface area contributed by atoms with Gasteiger partial charge in [0.25, 0.3) is 0 Å². The van der Waals surface area contributed by atoms with Crippen molar-refractivity contribution in [2.24, 2.45) is 11.8 Å². The lowest BCUT2D eigenvalue weighted by Gasteiger charge is -2.38. The van der Waals surface area contributed by atoms with Gasteiger partial charge in [-0.2, -0.15) is 0 Å². The number of esters is 1. The van der Waals surface area contributed by atoms with Crippen LogP contribution in [0, 0.1) is 17.7 Å². The van der Waals surface area contributed by atoms with E-state index >= 15 is 4.39 Å². The van der Waals surface area contributed by atoms with Gasteiger partial charge in [-0.25, -0.2) is 14.0 Å². The third-order valence-corrected chi connectivity index (χ3v) is 10.2. The van der Waals surface area contributed by atoms with Gasteiger partial charge in [0.2, 0.25) is 0 Å². The molecule has 278 valence electrons. The first-order valence-corrected chi connectivity index (χ1v) is 18.3. The average Bonchev–Trinajstić information content (AvgIpc) is 3.09. The van der Waals surface area contributed by atoms with E-state index in [1.54, 1.807) is 4.90 Å². The van der Waals surface area contributed by atoms with Gasteiger partial charge in [0.05, 0.1) is 12.5 Å². The number of ether oxygens (including phenoxy) is 2. The number of nitrogens with one attached hydrogen (secondary N) is 1. The number of anilines is 1. The standard InChI is InChI=1S/C38H58FN5O6/c1-7-14-40-37(47)43-15-12-31(13-16-43)42(6)32-23-29(22-30(39)24-32)21-28(4)36-27(3)9-11-34(26(2)8-10-33(45)25-35(46)50-36)49-38(48)44-19-17-41(5)18-20-44/h9,11,21-24,26-27,31,33-34,36,45H,7-8,10,12-20,25H2,1-6H3,(H,40,47)/b11-9-,28-21+/t26-,27+,33+,34+,36+/m1/s1. The highest BCUT2D eigenvalue weighted by molar-refractivity contribution is 5.74. The predicted octanol–water partition coefficient (Wildman–Crippen LogP) is 5.29. The van der Waals surface area contributed by atoms with Crippen molar-refractivity contribution in [3.63, 3.8) is 0 Å². The van der Waals surface area contributed by atoms with E-state index in [2.05, 4.69) is 15.1 Å².